The van der Waals surface area contributed by atoms with Crippen molar-refractivity contribution in [3.8, 4) is 5.75 Å². The van der Waals surface area contributed by atoms with E-state index in [4.69, 9.17) is 4.74 Å². The van der Waals surface area contributed by atoms with Gasteiger partial charge >= 0.3 is 0 Å². The lowest BCUT2D eigenvalue weighted by molar-refractivity contribution is 0.363. The average molecular weight is 245 g/mol. The summed E-state index contributed by atoms with van der Waals surface area (Å²) in [7, 11) is 0. The molecule has 1 heterocycles. The average Bonchev–Trinajstić information content (AvgIpc) is 2.91. The van der Waals surface area contributed by atoms with E-state index in [1.807, 2.05) is 24.3 Å². The van der Waals surface area contributed by atoms with E-state index in [0.717, 1.165) is 12.3 Å². The van der Waals surface area contributed by atoms with Gasteiger partial charge in [-0.15, -0.1) is 0 Å². The SMILES string of the molecule is C=CCOc1ccc(CNCc2ncon2)cc1. The van der Waals surface area contributed by atoms with Gasteiger partial charge in [0.1, 0.15) is 12.4 Å². The van der Waals surface area contributed by atoms with Crippen LogP contribution in [0, 0.1) is 0 Å². The molecule has 18 heavy (non-hydrogen) atoms. The second-order valence-corrected chi connectivity index (χ2v) is 3.69. The molecule has 0 aliphatic rings. The molecule has 0 aliphatic heterocycles. The van der Waals surface area contributed by atoms with Crippen molar-refractivity contribution >= 4 is 0 Å². The van der Waals surface area contributed by atoms with Gasteiger partial charge in [-0.05, 0) is 17.7 Å². The van der Waals surface area contributed by atoms with Crippen molar-refractivity contribution in [2.24, 2.45) is 0 Å². The molecule has 0 bridgehead atoms. The lowest BCUT2D eigenvalue weighted by Gasteiger charge is -2.05. The highest BCUT2D eigenvalue weighted by Gasteiger charge is 1.98. The van der Waals surface area contributed by atoms with Gasteiger partial charge in [0.15, 0.2) is 5.82 Å². The van der Waals surface area contributed by atoms with Crippen LogP contribution in [0.4, 0.5) is 0 Å². The van der Waals surface area contributed by atoms with Gasteiger partial charge in [-0.25, -0.2) is 0 Å². The fourth-order valence-corrected chi connectivity index (χ4v) is 1.45. The van der Waals surface area contributed by atoms with Crippen molar-refractivity contribution in [1.29, 1.82) is 0 Å². The molecule has 0 atom stereocenters. The zero-order chi connectivity index (χ0) is 12.6. The summed E-state index contributed by atoms with van der Waals surface area (Å²) >= 11 is 0. The normalized spacial score (nSPS) is 10.2. The molecular weight excluding hydrogens is 230 g/mol. The summed E-state index contributed by atoms with van der Waals surface area (Å²) in [5.74, 6) is 1.50. The smallest absolute Gasteiger partial charge is 0.213 e. The lowest BCUT2D eigenvalue weighted by atomic mass is 10.2. The van der Waals surface area contributed by atoms with Gasteiger partial charge in [-0.3, -0.25) is 0 Å². The summed E-state index contributed by atoms with van der Waals surface area (Å²) in [5, 5.41) is 6.94. The van der Waals surface area contributed by atoms with Gasteiger partial charge in [0.25, 0.3) is 0 Å². The molecule has 0 unspecified atom stereocenters. The highest BCUT2D eigenvalue weighted by atomic mass is 16.5. The number of nitrogens with zero attached hydrogens (tertiary/aromatic N) is 2. The third kappa shape index (κ3) is 3.71. The molecule has 0 saturated carbocycles. The Kier molecular flexibility index (Phi) is 4.49. The Hall–Kier alpha value is -2.14. The molecule has 0 aliphatic carbocycles. The third-order valence-corrected chi connectivity index (χ3v) is 2.31. The summed E-state index contributed by atoms with van der Waals surface area (Å²) in [6, 6.07) is 7.91. The second kappa shape index (κ2) is 6.56. The molecule has 1 aromatic carbocycles. The number of ether oxygens (including phenoxy) is 1. The van der Waals surface area contributed by atoms with Gasteiger partial charge in [-0.1, -0.05) is 29.9 Å². The van der Waals surface area contributed by atoms with E-state index < -0.39 is 0 Å². The van der Waals surface area contributed by atoms with Crippen LogP contribution in [0.15, 0.2) is 47.8 Å². The van der Waals surface area contributed by atoms with Crippen LogP contribution in [0.2, 0.25) is 0 Å². The zero-order valence-corrected chi connectivity index (χ0v) is 10.0. The molecule has 0 amide bonds. The van der Waals surface area contributed by atoms with Crippen LogP contribution < -0.4 is 10.1 Å². The Labute approximate surface area is 105 Å². The molecule has 0 fully saturated rings. The Bertz CT molecular complexity index is 465. The maximum absolute atomic E-state index is 5.40. The number of hydrogen-bond donors (Lipinski definition) is 1. The van der Waals surface area contributed by atoms with Crippen LogP contribution >= 0.6 is 0 Å². The molecule has 94 valence electrons. The van der Waals surface area contributed by atoms with Crippen LogP contribution in [0.25, 0.3) is 0 Å². The maximum Gasteiger partial charge on any atom is 0.213 e. The van der Waals surface area contributed by atoms with Crippen LogP contribution in [0.1, 0.15) is 11.4 Å². The minimum absolute atomic E-state index is 0.523. The van der Waals surface area contributed by atoms with E-state index in [2.05, 4.69) is 26.6 Å². The number of aromatic nitrogens is 2. The highest BCUT2D eigenvalue weighted by molar-refractivity contribution is 5.27. The van der Waals surface area contributed by atoms with E-state index in [1.54, 1.807) is 6.08 Å². The second-order valence-electron chi connectivity index (χ2n) is 3.69. The third-order valence-electron chi connectivity index (χ3n) is 2.31. The van der Waals surface area contributed by atoms with E-state index in [0.29, 0.717) is 19.0 Å². The molecule has 1 aromatic heterocycles. The zero-order valence-electron chi connectivity index (χ0n) is 10.0. The van der Waals surface area contributed by atoms with Crippen molar-refractivity contribution in [3.63, 3.8) is 0 Å². The van der Waals surface area contributed by atoms with Crippen LogP contribution in [0.3, 0.4) is 0 Å². The fourth-order valence-electron chi connectivity index (χ4n) is 1.45. The molecular formula is C13H15N3O2. The van der Waals surface area contributed by atoms with E-state index >= 15 is 0 Å². The first-order valence-electron chi connectivity index (χ1n) is 5.67. The first-order chi connectivity index (χ1) is 8.88. The Morgan fingerprint density at radius 3 is 2.78 bits per heavy atom. The van der Waals surface area contributed by atoms with Gasteiger partial charge in [0.05, 0.1) is 6.54 Å². The van der Waals surface area contributed by atoms with E-state index in [9.17, 15) is 0 Å². The summed E-state index contributed by atoms with van der Waals surface area (Å²) in [5.41, 5.74) is 1.17. The Morgan fingerprint density at radius 2 is 2.11 bits per heavy atom. The van der Waals surface area contributed by atoms with Gasteiger partial charge < -0.3 is 14.6 Å². The molecule has 5 heteroatoms. The predicted molar refractivity (Wildman–Crippen MR) is 67.0 cm³/mol. The summed E-state index contributed by atoms with van der Waals surface area (Å²) in [4.78, 5) is 3.93. The van der Waals surface area contributed by atoms with Crippen molar-refractivity contribution in [3.05, 3.63) is 54.7 Å². The van der Waals surface area contributed by atoms with Gasteiger partial charge in [-0.2, -0.15) is 4.98 Å². The molecule has 2 aromatic rings. The van der Waals surface area contributed by atoms with E-state index in [1.165, 1.54) is 12.0 Å². The van der Waals surface area contributed by atoms with Crippen molar-refractivity contribution < 1.29 is 9.26 Å². The highest BCUT2D eigenvalue weighted by Crippen LogP contribution is 2.12. The van der Waals surface area contributed by atoms with Gasteiger partial charge in [0, 0.05) is 6.54 Å². The topological polar surface area (TPSA) is 60.2 Å². The van der Waals surface area contributed by atoms with Crippen molar-refractivity contribution in [2.45, 2.75) is 13.1 Å². The first kappa shape index (κ1) is 12.3. The van der Waals surface area contributed by atoms with Gasteiger partial charge in [0.2, 0.25) is 6.39 Å². The number of nitrogens with one attached hydrogen (secondary N) is 1. The van der Waals surface area contributed by atoms with Crippen LogP contribution in [-0.4, -0.2) is 16.7 Å². The number of hydrogen-bond acceptors (Lipinski definition) is 5. The van der Waals surface area contributed by atoms with Crippen molar-refractivity contribution in [2.75, 3.05) is 6.61 Å². The Balaban J connectivity index is 1.77. The number of benzene rings is 1. The van der Waals surface area contributed by atoms with E-state index in [-0.39, 0.29) is 0 Å². The summed E-state index contributed by atoms with van der Waals surface area (Å²) in [6.45, 7) is 5.46. The molecule has 0 saturated heterocycles. The Morgan fingerprint density at radius 1 is 1.28 bits per heavy atom. The molecule has 0 radical (unpaired) electrons. The number of rotatable bonds is 7. The molecule has 1 N–H and O–H groups in total. The molecule has 2 rings (SSSR count). The fraction of sp³-hybridized carbons (Fsp3) is 0.231. The predicted octanol–water partition coefficient (Wildman–Crippen LogP) is 1.92. The first-order valence-corrected chi connectivity index (χ1v) is 5.67. The monoisotopic (exact) mass is 245 g/mol. The van der Waals surface area contributed by atoms with Crippen LogP contribution in [0.5, 0.6) is 5.75 Å². The summed E-state index contributed by atoms with van der Waals surface area (Å²) in [6.07, 6.45) is 3.04. The largest absolute Gasteiger partial charge is 0.490 e. The quantitative estimate of drug-likeness (QED) is 0.755. The minimum Gasteiger partial charge on any atom is -0.490 e. The molecule has 5 nitrogen and oxygen atoms in total. The standard InChI is InChI=1S/C13H15N3O2/c1-2-7-17-12-5-3-11(4-6-12)8-14-9-13-15-10-18-16-13/h2-6,10,14H,1,7-9H2. The lowest BCUT2D eigenvalue weighted by Crippen LogP contribution is -2.13. The minimum atomic E-state index is 0.523. The van der Waals surface area contributed by atoms with Crippen molar-refractivity contribution in [1.82, 2.24) is 15.5 Å². The van der Waals surface area contributed by atoms with Crippen LogP contribution in [-0.2, 0) is 13.1 Å². The maximum atomic E-state index is 5.40. The summed E-state index contributed by atoms with van der Waals surface area (Å²) < 4.78 is 10.0. The molecule has 0 spiro atoms.